The summed E-state index contributed by atoms with van der Waals surface area (Å²) in [6, 6.07) is 19.5. The van der Waals surface area contributed by atoms with Crippen molar-refractivity contribution in [2.24, 2.45) is 0 Å². The van der Waals surface area contributed by atoms with Crippen LogP contribution in [0.4, 0.5) is 0 Å². The van der Waals surface area contributed by atoms with Gasteiger partial charge < -0.3 is 10.4 Å². The molecule has 0 aliphatic heterocycles. The SMILES string of the molecule is C/C(=C/C(=O)NCC(O)Cc1ccccc1)c1ccccc1. The molecular formula is C19H21NO2. The number of allylic oxidation sites excluding steroid dienone is 1. The van der Waals surface area contributed by atoms with Crippen molar-refractivity contribution in [2.45, 2.75) is 19.4 Å². The van der Waals surface area contributed by atoms with Gasteiger partial charge in [0.05, 0.1) is 6.10 Å². The highest BCUT2D eigenvalue weighted by Crippen LogP contribution is 2.12. The summed E-state index contributed by atoms with van der Waals surface area (Å²) in [7, 11) is 0. The number of rotatable bonds is 6. The maximum atomic E-state index is 11.9. The number of benzene rings is 2. The third-order valence-electron chi connectivity index (χ3n) is 3.40. The number of hydrogen-bond donors (Lipinski definition) is 2. The number of amides is 1. The van der Waals surface area contributed by atoms with Crippen molar-refractivity contribution in [1.82, 2.24) is 5.32 Å². The summed E-state index contributed by atoms with van der Waals surface area (Å²) >= 11 is 0. The maximum Gasteiger partial charge on any atom is 0.244 e. The summed E-state index contributed by atoms with van der Waals surface area (Å²) in [6.45, 7) is 2.14. The molecule has 0 fully saturated rings. The lowest BCUT2D eigenvalue weighted by atomic mass is 10.1. The van der Waals surface area contributed by atoms with Gasteiger partial charge in [-0.15, -0.1) is 0 Å². The Balaban J connectivity index is 1.82. The topological polar surface area (TPSA) is 49.3 Å². The smallest absolute Gasteiger partial charge is 0.244 e. The molecule has 0 saturated carbocycles. The van der Waals surface area contributed by atoms with Gasteiger partial charge in [-0.25, -0.2) is 0 Å². The molecule has 2 aromatic carbocycles. The molecule has 0 bridgehead atoms. The van der Waals surface area contributed by atoms with Crippen molar-refractivity contribution in [3.8, 4) is 0 Å². The van der Waals surface area contributed by atoms with Crippen LogP contribution in [0, 0.1) is 0 Å². The zero-order valence-electron chi connectivity index (χ0n) is 12.7. The lowest BCUT2D eigenvalue weighted by molar-refractivity contribution is -0.116. The van der Waals surface area contributed by atoms with Gasteiger partial charge in [0.25, 0.3) is 0 Å². The summed E-state index contributed by atoms with van der Waals surface area (Å²) in [5.41, 5.74) is 2.97. The third-order valence-corrected chi connectivity index (χ3v) is 3.40. The van der Waals surface area contributed by atoms with E-state index in [4.69, 9.17) is 0 Å². The first kappa shape index (κ1) is 16.0. The molecule has 0 radical (unpaired) electrons. The normalized spacial score (nSPS) is 12.7. The number of carbonyl (C=O) groups excluding carboxylic acids is 1. The fourth-order valence-electron chi connectivity index (χ4n) is 2.21. The van der Waals surface area contributed by atoms with Crippen LogP contribution in [0.1, 0.15) is 18.1 Å². The molecular weight excluding hydrogens is 274 g/mol. The molecule has 1 amide bonds. The first-order chi connectivity index (χ1) is 10.6. The van der Waals surface area contributed by atoms with Gasteiger partial charge in [0.1, 0.15) is 0 Å². The van der Waals surface area contributed by atoms with Crippen LogP contribution in [-0.4, -0.2) is 23.7 Å². The van der Waals surface area contributed by atoms with Crippen molar-refractivity contribution < 1.29 is 9.90 Å². The van der Waals surface area contributed by atoms with Crippen LogP contribution < -0.4 is 5.32 Å². The van der Waals surface area contributed by atoms with Gasteiger partial charge in [-0.1, -0.05) is 60.7 Å². The quantitative estimate of drug-likeness (QED) is 0.805. The molecule has 2 aromatic rings. The average Bonchev–Trinajstić information content (AvgIpc) is 2.55. The van der Waals surface area contributed by atoms with E-state index in [9.17, 15) is 9.90 Å². The highest BCUT2D eigenvalue weighted by Gasteiger charge is 2.07. The predicted octanol–water partition coefficient (Wildman–Crippen LogP) is 2.81. The molecule has 1 atom stereocenters. The highest BCUT2D eigenvalue weighted by atomic mass is 16.3. The van der Waals surface area contributed by atoms with Gasteiger partial charge in [-0.3, -0.25) is 4.79 Å². The van der Waals surface area contributed by atoms with E-state index in [0.717, 1.165) is 16.7 Å². The molecule has 22 heavy (non-hydrogen) atoms. The van der Waals surface area contributed by atoms with E-state index < -0.39 is 6.10 Å². The first-order valence-electron chi connectivity index (χ1n) is 7.38. The zero-order chi connectivity index (χ0) is 15.8. The molecule has 3 heteroatoms. The average molecular weight is 295 g/mol. The highest BCUT2D eigenvalue weighted by molar-refractivity contribution is 5.94. The van der Waals surface area contributed by atoms with Gasteiger partial charge in [0.2, 0.25) is 5.91 Å². The molecule has 1 unspecified atom stereocenters. The standard InChI is InChI=1S/C19H21NO2/c1-15(17-10-6-3-7-11-17)12-19(22)20-14-18(21)13-16-8-4-2-5-9-16/h2-12,18,21H,13-14H2,1H3,(H,20,22)/b15-12-. The van der Waals surface area contributed by atoms with Crippen LogP contribution in [0.2, 0.25) is 0 Å². The van der Waals surface area contributed by atoms with Crippen molar-refractivity contribution in [3.63, 3.8) is 0 Å². The molecule has 0 aliphatic rings. The van der Waals surface area contributed by atoms with Gasteiger partial charge in [0.15, 0.2) is 0 Å². The molecule has 0 spiro atoms. The number of hydrogen-bond acceptors (Lipinski definition) is 2. The van der Waals surface area contributed by atoms with Crippen molar-refractivity contribution in [3.05, 3.63) is 77.9 Å². The van der Waals surface area contributed by atoms with Crippen molar-refractivity contribution in [1.29, 1.82) is 0 Å². The summed E-state index contributed by atoms with van der Waals surface area (Å²) in [5.74, 6) is -0.187. The lowest BCUT2D eigenvalue weighted by Crippen LogP contribution is -2.32. The molecule has 3 nitrogen and oxygen atoms in total. The Labute approximate surface area is 131 Å². The predicted molar refractivity (Wildman–Crippen MR) is 89.3 cm³/mol. The van der Waals surface area contributed by atoms with Gasteiger partial charge in [0, 0.05) is 19.0 Å². The van der Waals surface area contributed by atoms with E-state index in [0.29, 0.717) is 6.42 Å². The minimum absolute atomic E-state index is 0.187. The van der Waals surface area contributed by atoms with Crippen LogP contribution in [0.5, 0.6) is 0 Å². The number of aliphatic hydroxyl groups is 1. The molecule has 0 saturated heterocycles. The number of nitrogens with one attached hydrogen (secondary N) is 1. The van der Waals surface area contributed by atoms with Crippen LogP contribution in [0.25, 0.3) is 5.57 Å². The van der Waals surface area contributed by atoms with Gasteiger partial charge >= 0.3 is 0 Å². The Hall–Kier alpha value is -2.39. The Bertz CT molecular complexity index is 620. The Morgan fingerprint density at radius 1 is 1.09 bits per heavy atom. The first-order valence-corrected chi connectivity index (χ1v) is 7.38. The van der Waals surface area contributed by atoms with Gasteiger partial charge in [-0.05, 0) is 23.6 Å². The fraction of sp³-hybridized carbons (Fsp3) is 0.211. The summed E-state index contributed by atoms with van der Waals surface area (Å²) in [6.07, 6.45) is 1.50. The van der Waals surface area contributed by atoms with E-state index in [2.05, 4.69) is 5.32 Å². The van der Waals surface area contributed by atoms with Crippen LogP contribution in [0.15, 0.2) is 66.7 Å². The summed E-state index contributed by atoms with van der Waals surface area (Å²) < 4.78 is 0. The van der Waals surface area contributed by atoms with Crippen LogP contribution >= 0.6 is 0 Å². The molecule has 114 valence electrons. The summed E-state index contributed by atoms with van der Waals surface area (Å²) in [4.78, 5) is 11.9. The van der Waals surface area contributed by atoms with E-state index >= 15 is 0 Å². The molecule has 0 aromatic heterocycles. The van der Waals surface area contributed by atoms with Gasteiger partial charge in [-0.2, -0.15) is 0 Å². The summed E-state index contributed by atoms with van der Waals surface area (Å²) in [5, 5.41) is 12.7. The van der Waals surface area contributed by atoms with Crippen molar-refractivity contribution >= 4 is 11.5 Å². The number of aliphatic hydroxyl groups excluding tert-OH is 1. The Morgan fingerprint density at radius 2 is 1.68 bits per heavy atom. The number of carbonyl (C=O) groups is 1. The van der Waals surface area contributed by atoms with E-state index in [-0.39, 0.29) is 12.5 Å². The van der Waals surface area contributed by atoms with E-state index in [1.807, 2.05) is 67.6 Å². The fourth-order valence-corrected chi connectivity index (χ4v) is 2.21. The van der Waals surface area contributed by atoms with Crippen LogP contribution in [-0.2, 0) is 11.2 Å². The second kappa shape index (κ2) is 8.15. The zero-order valence-corrected chi connectivity index (χ0v) is 12.7. The maximum absolute atomic E-state index is 11.9. The molecule has 0 heterocycles. The Kier molecular flexibility index (Phi) is 5.92. The lowest BCUT2D eigenvalue weighted by Gasteiger charge is -2.11. The minimum atomic E-state index is -0.586. The van der Waals surface area contributed by atoms with E-state index in [1.54, 1.807) is 6.08 Å². The Morgan fingerprint density at radius 3 is 2.32 bits per heavy atom. The van der Waals surface area contributed by atoms with E-state index in [1.165, 1.54) is 0 Å². The van der Waals surface area contributed by atoms with Crippen LogP contribution in [0.3, 0.4) is 0 Å². The monoisotopic (exact) mass is 295 g/mol. The molecule has 2 rings (SSSR count). The second-order valence-corrected chi connectivity index (χ2v) is 5.28. The third kappa shape index (κ3) is 5.19. The largest absolute Gasteiger partial charge is 0.391 e. The molecule has 2 N–H and O–H groups in total. The molecule has 0 aliphatic carbocycles. The minimum Gasteiger partial charge on any atom is -0.391 e. The second-order valence-electron chi connectivity index (χ2n) is 5.28. The van der Waals surface area contributed by atoms with Crippen molar-refractivity contribution in [2.75, 3.05) is 6.54 Å².